The van der Waals surface area contributed by atoms with Crippen LogP contribution in [0.2, 0.25) is 0 Å². The summed E-state index contributed by atoms with van der Waals surface area (Å²) < 4.78 is 28.7. The lowest BCUT2D eigenvalue weighted by molar-refractivity contribution is -0.112. The molecule has 11 heteroatoms. The molecule has 1 amide bonds. The van der Waals surface area contributed by atoms with Crippen molar-refractivity contribution in [2.75, 3.05) is 17.6 Å². The Labute approximate surface area is 159 Å². The summed E-state index contributed by atoms with van der Waals surface area (Å²) in [6, 6.07) is 0. The number of nitrogens with zero attached hydrogens (tertiary/aromatic N) is 5. The second-order valence-electron chi connectivity index (χ2n) is 6.10. The number of aromatic nitrogens is 3. The fourth-order valence-corrected chi connectivity index (χ4v) is 4.72. The van der Waals surface area contributed by atoms with Crippen LogP contribution in [0.5, 0.6) is 0 Å². The van der Waals surface area contributed by atoms with Crippen LogP contribution in [0.3, 0.4) is 0 Å². The minimum Gasteiger partial charge on any atom is -0.333 e. The van der Waals surface area contributed by atoms with Gasteiger partial charge < -0.3 is 9.47 Å². The Hall–Kier alpha value is -2.79. The summed E-state index contributed by atoms with van der Waals surface area (Å²) in [6.07, 6.45) is 8.23. The summed E-state index contributed by atoms with van der Waals surface area (Å²) in [5, 5.41) is 3.27. The summed E-state index contributed by atoms with van der Waals surface area (Å²) in [7, 11) is -1.52. The van der Waals surface area contributed by atoms with Gasteiger partial charge in [0.15, 0.2) is 11.0 Å². The third-order valence-corrected chi connectivity index (χ3v) is 6.36. The molecule has 0 radical (unpaired) electrons. The van der Waals surface area contributed by atoms with E-state index in [1.54, 1.807) is 23.4 Å². The number of hydrogen-bond donors (Lipinski definition) is 1. The number of amides is 1. The molecule has 27 heavy (non-hydrogen) atoms. The van der Waals surface area contributed by atoms with Crippen LogP contribution in [0.1, 0.15) is 5.69 Å². The van der Waals surface area contributed by atoms with Gasteiger partial charge in [-0.3, -0.25) is 10.1 Å². The third-order valence-electron chi connectivity index (χ3n) is 4.13. The standard InChI is InChI=1S/C16H16N6O3S2/c1-10-13(14-17-5-6-21(14)2)26-16(18-10)19-15(23)11-3-4-12-20-27(24,25)8-7-22(12)9-11/h3-6,9H,7-8H2,1-2H3,(H,18,19,23). The number of hydrogen-bond acceptors (Lipinski definition) is 7. The number of anilines is 1. The summed E-state index contributed by atoms with van der Waals surface area (Å²) >= 11 is 1.35. The van der Waals surface area contributed by atoms with Crippen LogP contribution in [0, 0.1) is 6.92 Å². The first kappa shape index (κ1) is 17.6. The number of imidazole rings is 1. The lowest BCUT2D eigenvalue weighted by Gasteiger charge is -2.26. The second kappa shape index (κ2) is 6.43. The van der Waals surface area contributed by atoms with Crippen LogP contribution in [0.4, 0.5) is 5.13 Å². The van der Waals surface area contributed by atoms with Crippen molar-refractivity contribution in [2.24, 2.45) is 11.4 Å². The van der Waals surface area contributed by atoms with Crippen LogP contribution in [-0.4, -0.2) is 51.9 Å². The summed E-state index contributed by atoms with van der Waals surface area (Å²) in [5.74, 6) is 0.713. The first-order valence-electron chi connectivity index (χ1n) is 8.08. The minimum atomic E-state index is -3.42. The Morgan fingerprint density at radius 3 is 2.89 bits per heavy atom. The lowest BCUT2D eigenvalue weighted by atomic mass is 10.2. The van der Waals surface area contributed by atoms with Crippen LogP contribution < -0.4 is 5.32 Å². The van der Waals surface area contributed by atoms with Gasteiger partial charge >= 0.3 is 0 Å². The number of carbonyl (C=O) groups is 1. The van der Waals surface area contributed by atoms with Crippen molar-refractivity contribution in [3.8, 4) is 10.7 Å². The molecule has 0 aromatic carbocycles. The minimum absolute atomic E-state index is 0.0750. The van der Waals surface area contributed by atoms with Gasteiger partial charge in [0.2, 0.25) is 0 Å². The van der Waals surface area contributed by atoms with E-state index in [2.05, 4.69) is 19.7 Å². The molecule has 0 atom stereocenters. The highest BCUT2D eigenvalue weighted by Gasteiger charge is 2.25. The predicted molar refractivity (Wildman–Crippen MR) is 103 cm³/mol. The number of sulfonamides is 1. The fraction of sp³-hybridized carbons (Fsp3) is 0.250. The van der Waals surface area contributed by atoms with E-state index in [0.29, 0.717) is 16.5 Å². The fourth-order valence-electron chi connectivity index (χ4n) is 2.75. The van der Waals surface area contributed by atoms with Crippen molar-refractivity contribution < 1.29 is 13.2 Å². The molecule has 2 aliphatic heterocycles. The van der Waals surface area contributed by atoms with Gasteiger partial charge in [0.1, 0.15) is 5.84 Å². The number of nitrogens with one attached hydrogen (secondary N) is 1. The smallest absolute Gasteiger partial charge is 0.258 e. The van der Waals surface area contributed by atoms with E-state index >= 15 is 0 Å². The van der Waals surface area contributed by atoms with Crippen molar-refractivity contribution in [3.63, 3.8) is 0 Å². The molecule has 0 saturated carbocycles. The third kappa shape index (κ3) is 3.43. The molecule has 140 valence electrons. The van der Waals surface area contributed by atoms with Crippen molar-refractivity contribution in [1.82, 2.24) is 19.4 Å². The summed E-state index contributed by atoms with van der Waals surface area (Å²) in [5.41, 5.74) is 1.19. The number of aryl methyl sites for hydroxylation is 2. The number of fused-ring (bicyclic) bond motifs is 1. The van der Waals surface area contributed by atoms with E-state index in [-0.39, 0.29) is 18.2 Å². The maximum atomic E-state index is 12.6. The monoisotopic (exact) mass is 404 g/mol. The van der Waals surface area contributed by atoms with Gasteiger partial charge in [-0.25, -0.2) is 18.4 Å². The zero-order chi connectivity index (χ0) is 19.2. The average molecular weight is 404 g/mol. The van der Waals surface area contributed by atoms with Crippen LogP contribution >= 0.6 is 11.3 Å². The van der Waals surface area contributed by atoms with Crippen molar-refractivity contribution in [2.45, 2.75) is 6.92 Å². The predicted octanol–water partition coefficient (Wildman–Crippen LogP) is 1.29. The molecule has 0 fully saturated rings. The van der Waals surface area contributed by atoms with E-state index < -0.39 is 10.0 Å². The number of carbonyl (C=O) groups excluding carboxylic acids is 1. The summed E-state index contributed by atoms with van der Waals surface area (Å²) in [4.78, 5) is 23.8. The van der Waals surface area contributed by atoms with Gasteiger partial charge in [0, 0.05) is 32.2 Å². The Morgan fingerprint density at radius 2 is 2.15 bits per heavy atom. The highest BCUT2D eigenvalue weighted by molar-refractivity contribution is 7.90. The molecule has 2 aromatic heterocycles. The van der Waals surface area contributed by atoms with Crippen molar-refractivity contribution in [1.29, 1.82) is 0 Å². The van der Waals surface area contributed by atoms with Crippen LogP contribution in [0.25, 0.3) is 10.7 Å². The topological polar surface area (TPSA) is 110 Å². The molecule has 2 aromatic rings. The maximum absolute atomic E-state index is 12.6. The summed E-state index contributed by atoms with van der Waals surface area (Å²) in [6.45, 7) is 2.13. The van der Waals surface area contributed by atoms with Crippen LogP contribution in [-0.2, 0) is 21.9 Å². The Kier molecular flexibility index (Phi) is 4.19. The highest BCUT2D eigenvalue weighted by Crippen LogP contribution is 2.31. The van der Waals surface area contributed by atoms with Gasteiger partial charge in [-0.15, -0.1) is 4.40 Å². The quantitative estimate of drug-likeness (QED) is 0.825. The first-order valence-corrected chi connectivity index (χ1v) is 10.5. The Bertz CT molecular complexity index is 1120. The van der Waals surface area contributed by atoms with Gasteiger partial charge in [-0.1, -0.05) is 11.3 Å². The number of thiazole rings is 1. The zero-order valence-corrected chi connectivity index (χ0v) is 16.2. The molecule has 0 spiro atoms. The number of rotatable bonds is 3. The molecular weight excluding hydrogens is 388 g/mol. The van der Waals surface area contributed by atoms with Gasteiger partial charge in [0.05, 0.1) is 21.9 Å². The number of amidine groups is 1. The Morgan fingerprint density at radius 1 is 1.33 bits per heavy atom. The molecule has 9 nitrogen and oxygen atoms in total. The average Bonchev–Trinajstić information content (AvgIpc) is 3.18. The largest absolute Gasteiger partial charge is 0.333 e. The molecule has 0 saturated heterocycles. The molecule has 0 aliphatic carbocycles. The van der Waals surface area contributed by atoms with Crippen LogP contribution in [0.15, 0.2) is 40.7 Å². The maximum Gasteiger partial charge on any atom is 0.258 e. The van der Waals surface area contributed by atoms with Gasteiger partial charge in [0.25, 0.3) is 15.9 Å². The first-order chi connectivity index (χ1) is 12.8. The SMILES string of the molecule is Cc1nc(NC(=O)C2=CN3CCS(=O)(=O)N=C3C=C2)sc1-c1nccn1C. The van der Waals surface area contributed by atoms with E-state index in [0.717, 1.165) is 16.4 Å². The molecule has 4 rings (SSSR count). The van der Waals surface area contributed by atoms with Crippen molar-refractivity contribution in [3.05, 3.63) is 42.0 Å². The molecule has 1 N–H and O–H groups in total. The zero-order valence-electron chi connectivity index (χ0n) is 14.6. The van der Waals surface area contributed by atoms with E-state index in [1.165, 1.54) is 17.4 Å². The highest BCUT2D eigenvalue weighted by atomic mass is 32.2. The van der Waals surface area contributed by atoms with Gasteiger partial charge in [-0.2, -0.15) is 0 Å². The van der Waals surface area contributed by atoms with E-state index in [9.17, 15) is 13.2 Å². The molecule has 4 heterocycles. The Balaban J connectivity index is 1.53. The molecule has 2 aliphatic rings. The van der Waals surface area contributed by atoms with Gasteiger partial charge in [-0.05, 0) is 19.1 Å². The second-order valence-corrected chi connectivity index (χ2v) is 8.85. The molecular formula is C16H16N6O3S2. The van der Waals surface area contributed by atoms with E-state index in [4.69, 9.17) is 0 Å². The normalized spacial score (nSPS) is 17.9. The molecule has 0 unspecified atom stereocenters. The lowest BCUT2D eigenvalue weighted by Crippen LogP contribution is -2.37. The molecule has 0 bridgehead atoms. The van der Waals surface area contributed by atoms with Crippen molar-refractivity contribution >= 4 is 38.2 Å². The van der Waals surface area contributed by atoms with E-state index in [1.807, 2.05) is 24.7 Å².